The molecule has 4 heteroatoms. The Labute approximate surface area is 91.8 Å². The largest absolute Gasteiger partial charge is 0.493 e. The quantitative estimate of drug-likeness (QED) is 0.805. The van der Waals surface area contributed by atoms with Gasteiger partial charge in [-0.15, -0.1) is 0 Å². The summed E-state index contributed by atoms with van der Waals surface area (Å²) in [5.74, 6) is -1.01. The highest BCUT2D eigenvalue weighted by Gasteiger charge is 2.03. The minimum atomic E-state index is -0.955. The highest BCUT2D eigenvalue weighted by molar-refractivity contribution is 5.88. The van der Waals surface area contributed by atoms with E-state index in [9.17, 15) is 9.90 Å². The van der Waals surface area contributed by atoms with E-state index in [1.165, 1.54) is 24.4 Å². The number of aromatic nitrogens is 1. The molecule has 0 amide bonds. The summed E-state index contributed by atoms with van der Waals surface area (Å²) in [4.78, 5) is 14.3. The fraction of sp³-hybridized carbons (Fsp3) is 0. The highest BCUT2D eigenvalue weighted by Crippen LogP contribution is 2.21. The van der Waals surface area contributed by atoms with Crippen LogP contribution in [0.3, 0.4) is 0 Å². The highest BCUT2D eigenvalue weighted by atomic mass is 16.4. The SMILES string of the molecule is O=C(O)c1ccc(-c2ccnc(O)c2)cc1. The number of carbonyl (C=O) groups is 1. The smallest absolute Gasteiger partial charge is 0.335 e. The second-order valence-corrected chi connectivity index (χ2v) is 3.29. The van der Waals surface area contributed by atoms with Gasteiger partial charge in [0.15, 0.2) is 0 Å². The molecule has 0 saturated heterocycles. The van der Waals surface area contributed by atoms with Gasteiger partial charge in [0.2, 0.25) is 5.88 Å². The molecule has 2 rings (SSSR count). The topological polar surface area (TPSA) is 70.4 Å². The maximum atomic E-state index is 10.7. The first kappa shape index (κ1) is 10.2. The Morgan fingerprint density at radius 2 is 1.75 bits per heavy atom. The van der Waals surface area contributed by atoms with Crippen molar-refractivity contribution in [3.63, 3.8) is 0 Å². The zero-order chi connectivity index (χ0) is 11.5. The number of carboxylic acids is 1. The second kappa shape index (κ2) is 4.02. The summed E-state index contributed by atoms with van der Waals surface area (Å²) in [7, 11) is 0. The van der Waals surface area contributed by atoms with Crippen LogP contribution < -0.4 is 0 Å². The van der Waals surface area contributed by atoms with Gasteiger partial charge in [-0.05, 0) is 29.3 Å². The van der Waals surface area contributed by atoms with Gasteiger partial charge in [-0.2, -0.15) is 0 Å². The van der Waals surface area contributed by atoms with Gasteiger partial charge >= 0.3 is 5.97 Å². The van der Waals surface area contributed by atoms with Crippen molar-refractivity contribution in [3.8, 4) is 17.0 Å². The van der Waals surface area contributed by atoms with Crippen molar-refractivity contribution in [2.75, 3.05) is 0 Å². The summed E-state index contributed by atoms with van der Waals surface area (Å²) in [6.07, 6.45) is 1.50. The van der Waals surface area contributed by atoms with Gasteiger partial charge in [-0.25, -0.2) is 9.78 Å². The second-order valence-electron chi connectivity index (χ2n) is 3.29. The molecule has 2 N–H and O–H groups in total. The van der Waals surface area contributed by atoms with Gasteiger partial charge < -0.3 is 10.2 Å². The molecule has 16 heavy (non-hydrogen) atoms. The van der Waals surface area contributed by atoms with Gasteiger partial charge in [-0.1, -0.05) is 12.1 Å². The predicted octanol–water partition coefficient (Wildman–Crippen LogP) is 2.15. The first-order valence-corrected chi connectivity index (χ1v) is 4.65. The van der Waals surface area contributed by atoms with E-state index in [-0.39, 0.29) is 11.4 Å². The first-order valence-electron chi connectivity index (χ1n) is 4.65. The van der Waals surface area contributed by atoms with Gasteiger partial charge in [0.25, 0.3) is 0 Å². The lowest BCUT2D eigenvalue weighted by Crippen LogP contribution is -1.94. The molecule has 0 bridgehead atoms. The van der Waals surface area contributed by atoms with E-state index >= 15 is 0 Å². The molecule has 4 nitrogen and oxygen atoms in total. The number of rotatable bonds is 2. The molecular weight excluding hydrogens is 206 g/mol. The maximum absolute atomic E-state index is 10.7. The van der Waals surface area contributed by atoms with Crippen molar-refractivity contribution in [2.45, 2.75) is 0 Å². The monoisotopic (exact) mass is 215 g/mol. The van der Waals surface area contributed by atoms with Crippen LogP contribution in [0.1, 0.15) is 10.4 Å². The Morgan fingerprint density at radius 3 is 2.31 bits per heavy atom. The van der Waals surface area contributed by atoms with Crippen LogP contribution in [0.25, 0.3) is 11.1 Å². The number of hydrogen-bond acceptors (Lipinski definition) is 3. The van der Waals surface area contributed by atoms with Gasteiger partial charge in [-0.3, -0.25) is 0 Å². The summed E-state index contributed by atoms with van der Waals surface area (Å²) in [6, 6.07) is 9.70. The van der Waals surface area contributed by atoms with Gasteiger partial charge in [0.1, 0.15) is 0 Å². The third-order valence-corrected chi connectivity index (χ3v) is 2.21. The molecule has 0 radical (unpaired) electrons. The molecular formula is C12H9NO3. The first-order chi connectivity index (χ1) is 7.66. The van der Waals surface area contributed by atoms with Crippen LogP contribution in [0.5, 0.6) is 5.88 Å². The number of benzene rings is 1. The van der Waals surface area contributed by atoms with E-state index in [1.54, 1.807) is 18.2 Å². The van der Waals surface area contributed by atoms with E-state index in [0.717, 1.165) is 11.1 Å². The Hall–Kier alpha value is -2.36. The third kappa shape index (κ3) is 2.00. The fourth-order valence-corrected chi connectivity index (χ4v) is 1.40. The van der Waals surface area contributed by atoms with E-state index < -0.39 is 5.97 Å². The number of aromatic hydroxyl groups is 1. The number of nitrogens with zero attached hydrogens (tertiary/aromatic N) is 1. The summed E-state index contributed by atoms with van der Waals surface area (Å²) in [6.45, 7) is 0. The molecule has 1 aromatic carbocycles. The van der Waals surface area contributed by atoms with Gasteiger partial charge in [0, 0.05) is 12.3 Å². The zero-order valence-corrected chi connectivity index (χ0v) is 8.29. The molecule has 0 atom stereocenters. The summed E-state index contributed by atoms with van der Waals surface area (Å²) in [5.41, 5.74) is 1.87. The lowest BCUT2D eigenvalue weighted by Gasteiger charge is -2.02. The molecule has 0 aliphatic rings. The van der Waals surface area contributed by atoms with Crippen LogP contribution in [0.15, 0.2) is 42.6 Å². The lowest BCUT2D eigenvalue weighted by atomic mass is 10.1. The Kier molecular flexibility index (Phi) is 2.55. The van der Waals surface area contributed by atoms with Crippen molar-refractivity contribution in [2.24, 2.45) is 0 Å². The molecule has 0 aliphatic heterocycles. The molecule has 0 aliphatic carbocycles. The molecule has 2 aromatic rings. The molecule has 0 unspecified atom stereocenters. The van der Waals surface area contributed by atoms with Crippen molar-refractivity contribution in [1.29, 1.82) is 0 Å². The minimum Gasteiger partial charge on any atom is -0.493 e. The van der Waals surface area contributed by atoms with Crippen LogP contribution in [0, 0.1) is 0 Å². The molecule has 0 spiro atoms. The lowest BCUT2D eigenvalue weighted by molar-refractivity contribution is 0.0697. The molecule has 0 saturated carbocycles. The van der Waals surface area contributed by atoms with E-state index in [2.05, 4.69) is 4.98 Å². The molecule has 0 fully saturated rings. The van der Waals surface area contributed by atoms with Crippen LogP contribution in [0.4, 0.5) is 0 Å². The summed E-state index contributed by atoms with van der Waals surface area (Å²) >= 11 is 0. The standard InChI is InChI=1S/C12H9NO3/c14-11-7-10(5-6-13-11)8-1-3-9(4-2-8)12(15)16/h1-7H,(H,13,14)(H,15,16). The number of carboxylic acid groups (broad SMARTS) is 1. The number of aromatic carboxylic acids is 1. The van der Waals surface area contributed by atoms with Crippen LogP contribution in [-0.2, 0) is 0 Å². The number of hydrogen-bond donors (Lipinski definition) is 2. The summed E-state index contributed by atoms with van der Waals surface area (Å²) in [5, 5.41) is 18.0. The van der Waals surface area contributed by atoms with E-state index in [0.29, 0.717) is 0 Å². The Bertz CT molecular complexity index is 520. The minimum absolute atomic E-state index is 0.0557. The normalized spacial score (nSPS) is 10.0. The molecule has 1 heterocycles. The van der Waals surface area contributed by atoms with E-state index in [1.807, 2.05) is 0 Å². The summed E-state index contributed by atoms with van der Waals surface area (Å²) < 4.78 is 0. The van der Waals surface area contributed by atoms with Crippen LogP contribution >= 0.6 is 0 Å². The van der Waals surface area contributed by atoms with Crippen LogP contribution in [-0.4, -0.2) is 21.2 Å². The van der Waals surface area contributed by atoms with Gasteiger partial charge in [0.05, 0.1) is 5.56 Å². The maximum Gasteiger partial charge on any atom is 0.335 e. The average Bonchev–Trinajstić information content (AvgIpc) is 2.29. The van der Waals surface area contributed by atoms with Crippen molar-refractivity contribution >= 4 is 5.97 Å². The molecule has 80 valence electrons. The Morgan fingerprint density at radius 1 is 1.06 bits per heavy atom. The fourth-order valence-electron chi connectivity index (χ4n) is 1.40. The van der Waals surface area contributed by atoms with E-state index in [4.69, 9.17) is 5.11 Å². The predicted molar refractivity (Wildman–Crippen MR) is 58.3 cm³/mol. The number of pyridine rings is 1. The Balaban J connectivity index is 2.38. The zero-order valence-electron chi connectivity index (χ0n) is 8.29. The third-order valence-electron chi connectivity index (χ3n) is 2.21. The van der Waals surface area contributed by atoms with Crippen molar-refractivity contribution < 1.29 is 15.0 Å². The van der Waals surface area contributed by atoms with Crippen LogP contribution in [0.2, 0.25) is 0 Å². The van der Waals surface area contributed by atoms with Crippen molar-refractivity contribution in [1.82, 2.24) is 4.98 Å². The average molecular weight is 215 g/mol. The molecule has 1 aromatic heterocycles. The van der Waals surface area contributed by atoms with Crippen molar-refractivity contribution in [3.05, 3.63) is 48.2 Å².